The Morgan fingerprint density at radius 2 is 1.63 bits per heavy atom. The van der Waals surface area contributed by atoms with Crippen molar-refractivity contribution in [3.05, 3.63) is 89.6 Å². The number of methoxy groups -OCH3 is 1. The van der Waals surface area contributed by atoms with Gasteiger partial charge in [-0.2, -0.15) is 0 Å². The first kappa shape index (κ1) is 29.1. The third-order valence-electron chi connectivity index (χ3n) is 4.44. The summed E-state index contributed by atoms with van der Waals surface area (Å²) in [7, 11) is 1.66. The Bertz CT molecular complexity index is 985. The third-order valence-corrected chi connectivity index (χ3v) is 4.44. The Kier molecular flexibility index (Phi) is 13.9. The molecule has 0 bridgehead atoms. The Hall–Kier alpha value is -3.91. The molecule has 0 aliphatic rings. The smallest absolute Gasteiger partial charge is 0.343 e. The molecule has 0 saturated heterocycles. The van der Waals surface area contributed by atoms with Crippen LogP contribution in [0.4, 0.5) is 0 Å². The molecular formula is C27H33NO7. The molecule has 1 aromatic rings. The van der Waals surface area contributed by atoms with Gasteiger partial charge in [-0.25, -0.2) is 9.59 Å². The second-order valence-corrected chi connectivity index (χ2v) is 7.36. The van der Waals surface area contributed by atoms with E-state index in [1.807, 2.05) is 0 Å². The van der Waals surface area contributed by atoms with Crippen LogP contribution in [-0.4, -0.2) is 38.7 Å². The molecule has 1 rings (SSSR count). The van der Waals surface area contributed by atoms with Gasteiger partial charge in [0.15, 0.2) is 0 Å². The van der Waals surface area contributed by atoms with E-state index in [-0.39, 0.29) is 5.76 Å². The Morgan fingerprint density at radius 3 is 2.26 bits per heavy atom. The summed E-state index contributed by atoms with van der Waals surface area (Å²) >= 11 is 0. The number of carbonyl (C=O) groups excluding carboxylic acids is 3. The highest BCUT2D eigenvalue weighted by Gasteiger charge is 2.09. The molecule has 1 aromatic carbocycles. The van der Waals surface area contributed by atoms with Crippen LogP contribution < -0.4 is 10.1 Å². The van der Waals surface area contributed by atoms with E-state index in [4.69, 9.17) is 18.9 Å². The van der Waals surface area contributed by atoms with Crippen LogP contribution in [0.5, 0.6) is 5.75 Å². The molecule has 0 unspecified atom stereocenters. The summed E-state index contributed by atoms with van der Waals surface area (Å²) in [4.78, 5) is 35.0. The van der Waals surface area contributed by atoms with Gasteiger partial charge in [-0.1, -0.05) is 12.7 Å². The Morgan fingerprint density at radius 1 is 0.943 bits per heavy atom. The minimum Gasteiger partial charge on any atom is -0.494 e. The fourth-order valence-corrected chi connectivity index (χ4v) is 2.45. The highest BCUT2D eigenvalue weighted by Crippen LogP contribution is 2.15. The normalized spacial score (nSPS) is 12.6. The third kappa shape index (κ3) is 12.2. The van der Waals surface area contributed by atoms with E-state index in [0.29, 0.717) is 48.0 Å². The predicted molar refractivity (Wildman–Crippen MR) is 133 cm³/mol. The molecule has 0 heterocycles. The maximum Gasteiger partial charge on any atom is 0.343 e. The number of esters is 2. The van der Waals surface area contributed by atoms with Crippen LogP contribution in [0.2, 0.25) is 0 Å². The van der Waals surface area contributed by atoms with Gasteiger partial charge in [0.05, 0.1) is 12.2 Å². The van der Waals surface area contributed by atoms with Crippen molar-refractivity contribution in [2.45, 2.75) is 33.6 Å². The van der Waals surface area contributed by atoms with E-state index in [9.17, 15) is 14.4 Å². The standard InChI is InChI=1S/C27H33NO7/c1-6-24(35-26(30)20(2)9-10-21(3)28-19-29)14-11-22(4)34-27(31)23-12-15-25(16-13-23)33-18-8-7-17-32-5/h6,9-16,19H,1,7-8,17-18H2,2-5H3,(H,28,29)/b20-9+,21-10+,22-11+,24-14+. The monoisotopic (exact) mass is 483 g/mol. The maximum absolute atomic E-state index is 12.4. The van der Waals surface area contributed by atoms with Gasteiger partial charge < -0.3 is 24.3 Å². The summed E-state index contributed by atoms with van der Waals surface area (Å²) < 4.78 is 21.2. The van der Waals surface area contributed by atoms with Crippen molar-refractivity contribution in [2.75, 3.05) is 20.3 Å². The number of hydrogen-bond acceptors (Lipinski definition) is 7. The molecule has 1 amide bonds. The highest BCUT2D eigenvalue weighted by atomic mass is 16.5. The molecule has 35 heavy (non-hydrogen) atoms. The molecule has 0 saturated carbocycles. The first-order valence-corrected chi connectivity index (χ1v) is 11.0. The summed E-state index contributed by atoms with van der Waals surface area (Å²) in [6.45, 7) is 9.75. The summed E-state index contributed by atoms with van der Waals surface area (Å²) in [5.41, 5.74) is 1.27. The number of benzene rings is 1. The van der Waals surface area contributed by atoms with Gasteiger partial charge in [-0.15, -0.1) is 0 Å². The summed E-state index contributed by atoms with van der Waals surface area (Å²) in [5, 5.41) is 2.47. The fourth-order valence-electron chi connectivity index (χ4n) is 2.45. The predicted octanol–water partition coefficient (Wildman–Crippen LogP) is 4.76. The molecule has 8 nitrogen and oxygen atoms in total. The van der Waals surface area contributed by atoms with E-state index in [1.165, 1.54) is 24.3 Å². The van der Waals surface area contributed by atoms with Gasteiger partial charge in [0.25, 0.3) is 0 Å². The van der Waals surface area contributed by atoms with Gasteiger partial charge in [-0.05, 0) is 82.2 Å². The van der Waals surface area contributed by atoms with E-state index < -0.39 is 11.9 Å². The van der Waals surface area contributed by atoms with Crippen molar-refractivity contribution in [3.63, 3.8) is 0 Å². The molecule has 1 N–H and O–H groups in total. The summed E-state index contributed by atoms with van der Waals surface area (Å²) in [6.07, 6.45) is 9.77. The zero-order valence-corrected chi connectivity index (χ0v) is 20.7. The van der Waals surface area contributed by atoms with Gasteiger partial charge in [-0.3, -0.25) is 4.79 Å². The van der Waals surface area contributed by atoms with Crippen molar-refractivity contribution >= 4 is 18.3 Å². The highest BCUT2D eigenvalue weighted by molar-refractivity contribution is 5.90. The van der Waals surface area contributed by atoms with Crippen LogP contribution in [0.1, 0.15) is 44.0 Å². The van der Waals surface area contributed by atoms with Gasteiger partial charge in [0, 0.05) is 25.0 Å². The SMILES string of the molecule is C=C/C(=C\C=C(/C)OC(=O)c1ccc(OCCCCOC)cc1)OC(=O)/C(C)=C/C=C(\C)NC=O. The minimum atomic E-state index is -0.588. The molecule has 0 aromatic heterocycles. The molecule has 0 aliphatic carbocycles. The average molecular weight is 484 g/mol. The van der Waals surface area contributed by atoms with Crippen molar-refractivity contribution in [1.82, 2.24) is 5.32 Å². The first-order chi connectivity index (χ1) is 16.8. The lowest BCUT2D eigenvalue weighted by atomic mass is 10.2. The van der Waals surface area contributed by atoms with Gasteiger partial charge in [0.1, 0.15) is 17.3 Å². The number of ether oxygens (including phenoxy) is 4. The van der Waals surface area contributed by atoms with Crippen molar-refractivity contribution in [2.24, 2.45) is 0 Å². The van der Waals surface area contributed by atoms with Crippen LogP contribution in [-0.2, 0) is 23.8 Å². The van der Waals surface area contributed by atoms with Crippen LogP contribution in [0, 0.1) is 0 Å². The zero-order chi connectivity index (χ0) is 26.1. The number of nitrogens with one attached hydrogen (secondary N) is 1. The maximum atomic E-state index is 12.4. The number of amides is 1. The van der Waals surface area contributed by atoms with Crippen LogP contribution >= 0.6 is 0 Å². The topological polar surface area (TPSA) is 100 Å². The molecule has 0 fully saturated rings. The second kappa shape index (κ2) is 16.7. The molecule has 188 valence electrons. The number of hydrogen-bond donors (Lipinski definition) is 1. The van der Waals surface area contributed by atoms with Crippen molar-refractivity contribution in [1.29, 1.82) is 0 Å². The Balaban J connectivity index is 2.66. The Labute approximate surface area is 206 Å². The van der Waals surface area contributed by atoms with Crippen LogP contribution in [0.25, 0.3) is 0 Å². The van der Waals surface area contributed by atoms with E-state index in [2.05, 4.69) is 11.9 Å². The first-order valence-electron chi connectivity index (χ1n) is 11.0. The average Bonchev–Trinajstić information content (AvgIpc) is 2.85. The van der Waals surface area contributed by atoms with Crippen molar-refractivity contribution in [3.8, 4) is 5.75 Å². The van der Waals surface area contributed by atoms with E-state index in [1.54, 1.807) is 58.2 Å². The number of allylic oxidation sites excluding steroid dienone is 7. The summed E-state index contributed by atoms with van der Waals surface area (Å²) in [5.74, 6) is 0.0317. The van der Waals surface area contributed by atoms with Crippen LogP contribution in [0.3, 0.4) is 0 Å². The number of carbonyl (C=O) groups is 3. The molecule has 0 aliphatic heterocycles. The van der Waals surface area contributed by atoms with Gasteiger partial charge >= 0.3 is 11.9 Å². The number of unbranched alkanes of at least 4 members (excludes halogenated alkanes) is 1. The minimum absolute atomic E-state index is 0.178. The van der Waals surface area contributed by atoms with E-state index >= 15 is 0 Å². The van der Waals surface area contributed by atoms with Crippen LogP contribution in [0.15, 0.2) is 84.0 Å². The number of rotatable bonds is 15. The largest absolute Gasteiger partial charge is 0.494 e. The fraction of sp³-hybridized carbons (Fsp3) is 0.296. The zero-order valence-electron chi connectivity index (χ0n) is 20.7. The lowest BCUT2D eigenvalue weighted by Crippen LogP contribution is -2.07. The summed E-state index contributed by atoms with van der Waals surface area (Å²) in [6, 6.07) is 6.68. The van der Waals surface area contributed by atoms with Crippen molar-refractivity contribution < 1.29 is 33.3 Å². The van der Waals surface area contributed by atoms with E-state index in [0.717, 1.165) is 12.8 Å². The lowest BCUT2D eigenvalue weighted by Gasteiger charge is -2.08. The second-order valence-electron chi connectivity index (χ2n) is 7.36. The molecule has 8 heteroatoms. The lowest BCUT2D eigenvalue weighted by molar-refractivity contribution is -0.134. The molecule has 0 atom stereocenters. The van der Waals surface area contributed by atoms with Gasteiger partial charge in [0.2, 0.25) is 6.41 Å². The molecule has 0 radical (unpaired) electrons. The molecular weight excluding hydrogens is 450 g/mol. The molecule has 0 spiro atoms. The quantitative estimate of drug-likeness (QED) is 0.0958.